The first-order valence-corrected chi connectivity index (χ1v) is 6.17. The number of benzene rings is 1. The van der Waals surface area contributed by atoms with Crippen LogP contribution in [0.15, 0.2) is 22.7 Å². The molecule has 1 amide bonds. The minimum absolute atomic E-state index is 0.221. The molecular formula is C12H13BrN4O. The van der Waals surface area contributed by atoms with Gasteiger partial charge in [0.1, 0.15) is 0 Å². The lowest BCUT2D eigenvalue weighted by atomic mass is 10.2. The molecule has 0 fully saturated rings. The second-order valence-electron chi connectivity index (χ2n) is 3.97. The van der Waals surface area contributed by atoms with Crippen molar-refractivity contribution in [3.63, 3.8) is 0 Å². The average Bonchev–Trinajstić information content (AvgIpc) is 2.64. The second kappa shape index (κ2) is 4.81. The summed E-state index contributed by atoms with van der Waals surface area (Å²) >= 11 is 3.31. The number of H-pyrrole nitrogens is 1. The van der Waals surface area contributed by atoms with Gasteiger partial charge in [0.25, 0.3) is 5.91 Å². The number of nitrogens with one attached hydrogen (secondary N) is 2. The highest BCUT2D eigenvalue weighted by atomic mass is 79.9. The fourth-order valence-electron chi connectivity index (χ4n) is 1.64. The summed E-state index contributed by atoms with van der Waals surface area (Å²) in [6.45, 7) is 3.68. The summed E-state index contributed by atoms with van der Waals surface area (Å²) in [4.78, 5) is 12.2. The molecule has 0 radical (unpaired) electrons. The van der Waals surface area contributed by atoms with Gasteiger partial charge in [-0.25, -0.2) is 0 Å². The van der Waals surface area contributed by atoms with Crippen LogP contribution in [0.1, 0.15) is 21.7 Å². The van der Waals surface area contributed by atoms with Crippen molar-refractivity contribution in [3.05, 3.63) is 39.6 Å². The van der Waals surface area contributed by atoms with E-state index < -0.39 is 0 Å². The Morgan fingerprint density at radius 2 is 2.17 bits per heavy atom. The van der Waals surface area contributed by atoms with Crippen LogP contribution in [0.25, 0.3) is 0 Å². The molecule has 6 heteroatoms. The Balaban J connectivity index is 2.31. The zero-order valence-electron chi connectivity index (χ0n) is 10.0. The van der Waals surface area contributed by atoms with Crippen molar-refractivity contribution in [1.29, 1.82) is 0 Å². The highest BCUT2D eigenvalue weighted by Crippen LogP contribution is 2.25. The molecule has 1 heterocycles. The summed E-state index contributed by atoms with van der Waals surface area (Å²) in [5.41, 5.74) is 9.05. The number of rotatable bonds is 2. The lowest BCUT2D eigenvalue weighted by Gasteiger charge is -2.08. The predicted molar refractivity (Wildman–Crippen MR) is 74.6 cm³/mol. The molecule has 5 nitrogen and oxygen atoms in total. The summed E-state index contributed by atoms with van der Waals surface area (Å²) in [7, 11) is 0. The van der Waals surface area contributed by atoms with Gasteiger partial charge in [-0.15, -0.1) is 0 Å². The summed E-state index contributed by atoms with van der Waals surface area (Å²) < 4.78 is 0.598. The molecule has 4 N–H and O–H groups in total. The van der Waals surface area contributed by atoms with E-state index in [-0.39, 0.29) is 5.91 Å². The Morgan fingerprint density at radius 1 is 1.44 bits per heavy atom. The largest absolute Gasteiger partial charge is 0.398 e. The number of aromatic amines is 1. The minimum atomic E-state index is -0.221. The molecule has 0 unspecified atom stereocenters. The van der Waals surface area contributed by atoms with Crippen LogP contribution in [0.4, 0.5) is 11.4 Å². The molecule has 0 aliphatic carbocycles. The number of amides is 1. The Morgan fingerprint density at radius 3 is 2.78 bits per heavy atom. The normalized spacial score (nSPS) is 10.4. The Bertz CT molecular complexity index is 587. The SMILES string of the molecule is Cc1n[nH]c(C)c1NC(=O)c1cccc(N)c1Br. The number of hydrogen-bond donors (Lipinski definition) is 3. The van der Waals surface area contributed by atoms with Crippen molar-refractivity contribution < 1.29 is 4.79 Å². The highest BCUT2D eigenvalue weighted by Gasteiger charge is 2.15. The second-order valence-corrected chi connectivity index (χ2v) is 4.76. The summed E-state index contributed by atoms with van der Waals surface area (Å²) in [6, 6.07) is 5.18. The quantitative estimate of drug-likeness (QED) is 0.746. The van der Waals surface area contributed by atoms with Gasteiger partial charge in [-0.3, -0.25) is 9.89 Å². The molecule has 0 aliphatic heterocycles. The van der Waals surface area contributed by atoms with E-state index in [9.17, 15) is 4.79 Å². The van der Waals surface area contributed by atoms with E-state index in [1.54, 1.807) is 18.2 Å². The maximum absolute atomic E-state index is 12.2. The van der Waals surface area contributed by atoms with Crippen molar-refractivity contribution in [2.75, 3.05) is 11.1 Å². The minimum Gasteiger partial charge on any atom is -0.398 e. The molecular weight excluding hydrogens is 296 g/mol. The third-order valence-electron chi connectivity index (χ3n) is 2.64. The maximum Gasteiger partial charge on any atom is 0.256 e. The van der Waals surface area contributed by atoms with E-state index in [1.165, 1.54) is 0 Å². The van der Waals surface area contributed by atoms with Crippen LogP contribution < -0.4 is 11.1 Å². The number of anilines is 2. The number of carbonyl (C=O) groups is 1. The Kier molecular flexibility index (Phi) is 3.38. The summed E-state index contributed by atoms with van der Waals surface area (Å²) in [6.07, 6.45) is 0. The molecule has 0 saturated carbocycles. The number of aromatic nitrogens is 2. The van der Waals surface area contributed by atoms with E-state index in [2.05, 4.69) is 31.4 Å². The van der Waals surface area contributed by atoms with Gasteiger partial charge in [-0.05, 0) is 41.9 Å². The van der Waals surface area contributed by atoms with Gasteiger partial charge in [-0.1, -0.05) is 6.07 Å². The molecule has 2 aromatic rings. The summed E-state index contributed by atoms with van der Waals surface area (Å²) in [5.74, 6) is -0.221. The predicted octanol–water partition coefficient (Wildman–Crippen LogP) is 2.62. The van der Waals surface area contributed by atoms with Gasteiger partial charge in [0.05, 0.1) is 27.1 Å². The number of halogens is 1. The molecule has 0 aliphatic rings. The summed E-state index contributed by atoms with van der Waals surface area (Å²) in [5, 5.41) is 9.67. The van der Waals surface area contributed by atoms with Crippen LogP contribution in [0, 0.1) is 13.8 Å². The molecule has 94 valence electrons. The fourth-order valence-corrected chi connectivity index (χ4v) is 2.09. The number of hydrogen-bond acceptors (Lipinski definition) is 3. The van der Waals surface area contributed by atoms with Crippen molar-refractivity contribution in [2.45, 2.75) is 13.8 Å². The number of nitrogens with zero attached hydrogens (tertiary/aromatic N) is 1. The molecule has 1 aromatic heterocycles. The molecule has 1 aromatic carbocycles. The van der Waals surface area contributed by atoms with Crippen LogP contribution in [0.5, 0.6) is 0 Å². The van der Waals surface area contributed by atoms with Crippen molar-refractivity contribution in [1.82, 2.24) is 10.2 Å². The third kappa shape index (κ3) is 2.24. The first-order valence-electron chi connectivity index (χ1n) is 5.37. The van der Waals surface area contributed by atoms with Crippen molar-refractivity contribution >= 4 is 33.2 Å². The van der Waals surface area contributed by atoms with Gasteiger partial charge < -0.3 is 11.1 Å². The lowest BCUT2D eigenvalue weighted by molar-refractivity contribution is 0.102. The Hall–Kier alpha value is -1.82. The van der Waals surface area contributed by atoms with E-state index in [0.717, 1.165) is 11.4 Å². The van der Waals surface area contributed by atoms with Gasteiger partial charge in [0, 0.05) is 5.69 Å². The van der Waals surface area contributed by atoms with Crippen molar-refractivity contribution in [3.8, 4) is 0 Å². The number of aryl methyl sites for hydroxylation is 2. The number of nitrogens with two attached hydrogens (primary N) is 1. The smallest absolute Gasteiger partial charge is 0.256 e. The molecule has 18 heavy (non-hydrogen) atoms. The van der Waals surface area contributed by atoms with Crippen LogP contribution in [0.2, 0.25) is 0 Å². The van der Waals surface area contributed by atoms with Gasteiger partial charge in [0.15, 0.2) is 0 Å². The zero-order chi connectivity index (χ0) is 13.3. The number of carbonyl (C=O) groups excluding carboxylic acids is 1. The first kappa shape index (κ1) is 12.6. The Labute approximate surface area is 113 Å². The average molecular weight is 309 g/mol. The van der Waals surface area contributed by atoms with E-state index in [4.69, 9.17) is 5.73 Å². The third-order valence-corrected chi connectivity index (χ3v) is 3.52. The van der Waals surface area contributed by atoms with E-state index in [1.807, 2.05) is 13.8 Å². The zero-order valence-corrected chi connectivity index (χ0v) is 11.6. The fraction of sp³-hybridized carbons (Fsp3) is 0.167. The topological polar surface area (TPSA) is 83.8 Å². The van der Waals surface area contributed by atoms with Gasteiger partial charge in [-0.2, -0.15) is 5.10 Å². The monoisotopic (exact) mass is 308 g/mol. The van der Waals surface area contributed by atoms with Crippen LogP contribution >= 0.6 is 15.9 Å². The standard InChI is InChI=1S/C12H13BrN4O/c1-6-11(7(2)17-16-6)15-12(18)8-4-3-5-9(14)10(8)13/h3-5H,14H2,1-2H3,(H,15,18)(H,16,17). The van der Waals surface area contributed by atoms with E-state index in [0.29, 0.717) is 21.4 Å². The van der Waals surface area contributed by atoms with E-state index >= 15 is 0 Å². The molecule has 0 bridgehead atoms. The lowest BCUT2D eigenvalue weighted by Crippen LogP contribution is -2.14. The van der Waals surface area contributed by atoms with Crippen LogP contribution in [0.3, 0.4) is 0 Å². The van der Waals surface area contributed by atoms with Crippen molar-refractivity contribution in [2.24, 2.45) is 0 Å². The highest BCUT2D eigenvalue weighted by molar-refractivity contribution is 9.10. The van der Waals surface area contributed by atoms with Crippen LogP contribution in [-0.2, 0) is 0 Å². The molecule has 0 saturated heterocycles. The first-order chi connectivity index (χ1) is 8.50. The molecule has 0 spiro atoms. The maximum atomic E-state index is 12.2. The molecule has 2 rings (SSSR count). The van der Waals surface area contributed by atoms with Crippen LogP contribution in [-0.4, -0.2) is 16.1 Å². The molecule has 0 atom stereocenters. The van der Waals surface area contributed by atoms with Gasteiger partial charge in [0.2, 0.25) is 0 Å². The number of nitrogen functional groups attached to an aromatic ring is 1. The van der Waals surface area contributed by atoms with Gasteiger partial charge >= 0.3 is 0 Å².